The van der Waals surface area contributed by atoms with Gasteiger partial charge in [-0.2, -0.15) is 10.1 Å². The van der Waals surface area contributed by atoms with Gasteiger partial charge in [-0.05, 0) is 44.1 Å². The average Bonchev–Trinajstić information content (AvgIpc) is 3.37. The topological polar surface area (TPSA) is 93.3 Å². The Bertz CT molecular complexity index is 787. The minimum Gasteiger partial charge on any atom is -0.461 e. The van der Waals surface area contributed by atoms with Crippen molar-refractivity contribution in [1.82, 2.24) is 24.8 Å². The van der Waals surface area contributed by atoms with Crippen LogP contribution in [0.15, 0.2) is 39.6 Å². The van der Waals surface area contributed by atoms with E-state index in [0.29, 0.717) is 36.5 Å². The number of aliphatic hydroxyl groups is 1. The Kier molecular flexibility index (Phi) is 4.62. The fraction of sp³-hybridized carbons (Fsp3) is 0.471. The fourth-order valence-corrected chi connectivity index (χ4v) is 3.37. The first kappa shape index (κ1) is 16.0. The molecule has 3 aromatic rings. The predicted molar refractivity (Wildman–Crippen MR) is 88.6 cm³/mol. The first-order valence-electron chi connectivity index (χ1n) is 8.55. The van der Waals surface area contributed by atoms with Crippen LogP contribution in [-0.4, -0.2) is 49.6 Å². The molecule has 1 saturated heterocycles. The van der Waals surface area contributed by atoms with Gasteiger partial charge in [-0.25, -0.2) is 0 Å². The zero-order valence-electron chi connectivity index (χ0n) is 13.9. The summed E-state index contributed by atoms with van der Waals surface area (Å²) in [6.07, 6.45) is 5.51. The number of likely N-dealkylation sites (tertiary alicyclic amines) is 1. The van der Waals surface area contributed by atoms with Gasteiger partial charge < -0.3 is 14.0 Å². The lowest BCUT2D eigenvalue weighted by Crippen LogP contribution is -2.33. The number of hydrogen-bond donors (Lipinski definition) is 1. The summed E-state index contributed by atoms with van der Waals surface area (Å²) < 4.78 is 12.5. The van der Waals surface area contributed by atoms with Crippen LogP contribution >= 0.6 is 0 Å². The maximum Gasteiger partial charge on any atom is 0.241 e. The second-order valence-corrected chi connectivity index (χ2v) is 6.24. The molecule has 1 aliphatic rings. The van der Waals surface area contributed by atoms with E-state index in [2.05, 4.69) is 26.2 Å². The largest absolute Gasteiger partial charge is 0.461 e. The van der Waals surface area contributed by atoms with E-state index in [-0.39, 0.29) is 6.61 Å². The molecule has 0 aliphatic carbocycles. The van der Waals surface area contributed by atoms with Gasteiger partial charge in [-0.15, -0.1) is 0 Å². The van der Waals surface area contributed by atoms with Crippen molar-refractivity contribution in [2.45, 2.75) is 31.8 Å². The zero-order valence-corrected chi connectivity index (χ0v) is 13.9. The van der Waals surface area contributed by atoms with Gasteiger partial charge in [0.15, 0.2) is 5.76 Å². The minimum absolute atomic E-state index is 0.114. The third-order valence-corrected chi connectivity index (χ3v) is 4.64. The van der Waals surface area contributed by atoms with Crippen LogP contribution in [0.4, 0.5) is 0 Å². The van der Waals surface area contributed by atoms with Crippen LogP contribution in [0.5, 0.6) is 0 Å². The van der Waals surface area contributed by atoms with Crippen LogP contribution in [-0.2, 0) is 13.1 Å². The van der Waals surface area contributed by atoms with E-state index in [1.807, 2.05) is 16.9 Å². The molecule has 4 heterocycles. The number of hydrogen-bond acceptors (Lipinski definition) is 7. The van der Waals surface area contributed by atoms with Crippen LogP contribution < -0.4 is 0 Å². The van der Waals surface area contributed by atoms with Gasteiger partial charge in [0, 0.05) is 17.8 Å². The summed E-state index contributed by atoms with van der Waals surface area (Å²) >= 11 is 0. The molecule has 0 radical (unpaired) electrons. The van der Waals surface area contributed by atoms with Crippen molar-refractivity contribution in [3.63, 3.8) is 0 Å². The fourth-order valence-electron chi connectivity index (χ4n) is 3.37. The van der Waals surface area contributed by atoms with Crippen molar-refractivity contribution >= 4 is 0 Å². The Hall–Kier alpha value is -2.45. The van der Waals surface area contributed by atoms with Crippen molar-refractivity contribution in [3.8, 4) is 11.6 Å². The number of aromatic nitrogens is 4. The van der Waals surface area contributed by atoms with Crippen LogP contribution in [0, 0.1) is 0 Å². The summed E-state index contributed by atoms with van der Waals surface area (Å²) in [5.74, 6) is 2.19. The molecule has 8 nitrogen and oxygen atoms in total. The Morgan fingerprint density at radius 2 is 2.12 bits per heavy atom. The minimum atomic E-state index is 0.114. The van der Waals surface area contributed by atoms with E-state index in [0.717, 1.165) is 25.9 Å². The standard InChI is InChI=1S/C17H21N5O3/c23-10-9-22-14(3-6-18-22)13-4-7-21(8-5-13)12-16-19-17(20-25-16)15-2-1-11-24-15/h1-3,6,11,13,23H,4-5,7-10,12H2. The molecule has 4 rings (SSSR count). The lowest BCUT2D eigenvalue weighted by molar-refractivity contribution is 0.177. The highest BCUT2D eigenvalue weighted by Gasteiger charge is 2.24. The Morgan fingerprint density at radius 3 is 2.88 bits per heavy atom. The number of aliphatic hydroxyl groups excluding tert-OH is 1. The molecule has 1 fully saturated rings. The van der Waals surface area contributed by atoms with E-state index in [1.54, 1.807) is 12.3 Å². The van der Waals surface area contributed by atoms with Crippen molar-refractivity contribution in [3.05, 3.63) is 42.2 Å². The molecular weight excluding hydrogens is 322 g/mol. The number of nitrogens with zero attached hydrogens (tertiary/aromatic N) is 5. The molecule has 0 unspecified atom stereocenters. The normalized spacial score (nSPS) is 16.5. The predicted octanol–water partition coefficient (Wildman–Crippen LogP) is 1.90. The second-order valence-electron chi connectivity index (χ2n) is 6.24. The summed E-state index contributed by atoms with van der Waals surface area (Å²) in [7, 11) is 0. The van der Waals surface area contributed by atoms with E-state index in [9.17, 15) is 0 Å². The first-order valence-corrected chi connectivity index (χ1v) is 8.55. The molecule has 1 N–H and O–H groups in total. The Balaban J connectivity index is 1.34. The second kappa shape index (κ2) is 7.20. The van der Waals surface area contributed by atoms with Gasteiger partial charge in [-0.1, -0.05) is 5.16 Å². The summed E-state index contributed by atoms with van der Waals surface area (Å²) in [6.45, 7) is 3.25. The number of piperidine rings is 1. The maximum atomic E-state index is 9.14. The van der Waals surface area contributed by atoms with Crippen molar-refractivity contribution < 1.29 is 14.0 Å². The number of rotatable bonds is 6. The van der Waals surface area contributed by atoms with Crippen molar-refractivity contribution in [2.75, 3.05) is 19.7 Å². The average molecular weight is 343 g/mol. The SMILES string of the molecule is OCCn1nccc1C1CCN(Cc2nc(-c3ccco3)no2)CC1. The van der Waals surface area contributed by atoms with Crippen LogP contribution in [0.2, 0.25) is 0 Å². The molecule has 8 heteroatoms. The molecular formula is C17H21N5O3. The van der Waals surface area contributed by atoms with Crippen molar-refractivity contribution in [1.29, 1.82) is 0 Å². The lowest BCUT2D eigenvalue weighted by Gasteiger charge is -2.31. The van der Waals surface area contributed by atoms with E-state index in [1.165, 1.54) is 5.69 Å². The summed E-state index contributed by atoms with van der Waals surface area (Å²) in [5, 5.41) is 17.4. The highest BCUT2D eigenvalue weighted by atomic mass is 16.5. The van der Waals surface area contributed by atoms with Gasteiger partial charge in [-0.3, -0.25) is 9.58 Å². The molecule has 25 heavy (non-hydrogen) atoms. The summed E-state index contributed by atoms with van der Waals surface area (Å²) in [5.41, 5.74) is 1.21. The van der Waals surface area contributed by atoms with Crippen LogP contribution in [0.25, 0.3) is 11.6 Å². The maximum absolute atomic E-state index is 9.14. The molecule has 132 valence electrons. The monoisotopic (exact) mass is 343 g/mol. The third-order valence-electron chi connectivity index (χ3n) is 4.64. The number of furan rings is 1. The molecule has 3 aromatic heterocycles. The highest BCUT2D eigenvalue weighted by molar-refractivity contribution is 5.44. The molecule has 0 amide bonds. The van der Waals surface area contributed by atoms with E-state index >= 15 is 0 Å². The van der Waals surface area contributed by atoms with Gasteiger partial charge in [0.1, 0.15) is 0 Å². The Morgan fingerprint density at radius 1 is 1.24 bits per heavy atom. The summed E-state index contributed by atoms with van der Waals surface area (Å²) in [4.78, 5) is 6.72. The summed E-state index contributed by atoms with van der Waals surface area (Å²) in [6, 6.07) is 5.68. The van der Waals surface area contributed by atoms with Gasteiger partial charge in [0.2, 0.25) is 11.7 Å². The molecule has 0 aromatic carbocycles. The lowest BCUT2D eigenvalue weighted by atomic mass is 9.93. The molecule has 0 spiro atoms. The van der Waals surface area contributed by atoms with Crippen LogP contribution in [0.1, 0.15) is 30.3 Å². The van der Waals surface area contributed by atoms with Crippen molar-refractivity contribution in [2.24, 2.45) is 0 Å². The van der Waals surface area contributed by atoms with Crippen LogP contribution in [0.3, 0.4) is 0 Å². The molecule has 0 atom stereocenters. The smallest absolute Gasteiger partial charge is 0.241 e. The first-order chi connectivity index (χ1) is 12.3. The highest BCUT2D eigenvalue weighted by Crippen LogP contribution is 2.28. The Labute approximate surface area is 145 Å². The molecule has 0 saturated carbocycles. The quantitative estimate of drug-likeness (QED) is 0.730. The zero-order chi connectivity index (χ0) is 17.1. The van der Waals surface area contributed by atoms with Gasteiger partial charge in [0.05, 0.1) is 26.0 Å². The third kappa shape index (κ3) is 3.49. The van der Waals surface area contributed by atoms with Gasteiger partial charge >= 0.3 is 0 Å². The molecule has 0 bridgehead atoms. The van der Waals surface area contributed by atoms with Gasteiger partial charge in [0.25, 0.3) is 0 Å². The van der Waals surface area contributed by atoms with E-state index < -0.39 is 0 Å². The molecule has 1 aliphatic heterocycles. The van der Waals surface area contributed by atoms with E-state index in [4.69, 9.17) is 14.0 Å².